The molecule has 1 aliphatic heterocycles. The van der Waals surface area contributed by atoms with Gasteiger partial charge in [-0.15, -0.1) is 0 Å². The minimum Gasteiger partial charge on any atom is -0.496 e. The zero-order valence-electron chi connectivity index (χ0n) is 15.4. The van der Waals surface area contributed by atoms with Crippen LogP contribution in [0.4, 0.5) is 0 Å². The van der Waals surface area contributed by atoms with E-state index >= 15 is 0 Å². The first-order valence-electron chi connectivity index (χ1n) is 9.24. The lowest BCUT2D eigenvalue weighted by molar-refractivity contribution is -0.134. The highest BCUT2D eigenvalue weighted by atomic mass is 16.5. The van der Waals surface area contributed by atoms with E-state index in [4.69, 9.17) is 9.15 Å². The highest BCUT2D eigenvalue weighted by Crippen LogP contribution is 2.30. The number of para-hydroxylation sites is 3. The van der Waals surface area contributed by atoms with E-state index in [0.29, 0.717) is 25.3 Å². The standard InChI is InChI=1S/C21H23N3O3/c1-26-18-8-4-2-6-15(18)17-14-22-12-13-24(17)21(25)11-10-20-23-16-7-3-5-9-19(16)27-20/h2-9,17,22H,10-14H2,1H3. The van der Waals surface area contributed by atoms with E-state index in [0.717, 1.165) is 35.5 Å². The molecule has 4 rings (SSSR count). The summed E-state index contributed by atoms with van der Waals surface area (Å²) in [5, 5.41) is 3.38. The third kappa shape index (κ3) is 3.66. The van der Waals surface area contributed by atoms with Crippen LogP contribution in [0.5, 0.6) is 5.75 Å². The lowest BCUT2D eigenvalue weighted by atomic mass is 10.0. The van der Waals surface area contributed by atoms with E-state index in [1.807, 2.05) is 53.4 Å². The summed E-state index contributed by atoms with van der Waals surface area (Å²) < 4.78 is 11.2. The third-order valence-electron chi connectivity index (χ3n) is 4.95. The van der Waals surface area contributed by atoms with Crippen LogP contribution >= 0.6 is 0 Å². The van der Waals surface area contributed by atoms with Crippen molar-refractivity contribution in [2.75, 3.05) is 26.7 Å². The average molecular weight is 365 g/mol. The van der Waals surface area contributed by atoms with Crippen molar-refractivity contribution in [1.82, 2.24) is 15.2 Å². The number of aryl methyl sites for hydroxylation is 1. The maximum Gasteiger partial charge on any atom is 0.223 e. The Morgan fingerprint density at radius 2 is 2.07 bits per heavy atom. The first-order chi connectivity index (χ1) is 13.3. The number of hydrogen-bond donors (Lipinski definition) is 1. The van der Waals surface area contributed by atoms with Crippen LogP contribution < -0.4 is 10.1 Å². The summed E-state index contributed by atoms with van der Waals surface area (Å²) in [4.78, 5) is 19.4. The van der Waals surface area contributed by atoms with Crippen LogP contribution in [-0.2, 0) is 11.2 Å². The number of oxazole rings is 1. The van der Waals surface area contributed by atoms with Crippen LogP contribution in [0.1, 0.15) is 23.9 Å². The second kappa shape index (κ2) is 7.80. The van der Waals surface area contributed by atoms with Gasteiger partial charge in [0.2, 0.25) is 5.91 Å². The molecule has 1 N–H and O–H groups in total. The zero-order valence-corrected chi connectivity index (χ0v) is 15.4. The lowest BCUT2D eigenvalue weighted by Crippen LogP contribution is -2.48. The van der Waals surface area contributed by atoms with Gasteiger partial charge in [-0.2, -0.15) is 0 Å². The van der Waals surface area contributed by atoms with E-state index < -0.39 is 0 Å². The van der Waals surface area contributed by atoms with Crippen molar-refractivity contribution < 1.29 is 13.9 Å². The van der Waals surface area contributed by atoms with Gasteiger partial charge in [0.1, 0.15) is 11.3 Å². The number of carbonyl (C=O) groups is 1. The fourth-order valence-corrected chi connectivity index (χ4v) is 3.61. The van der Waals surface area contributed by atoms with Crippen LogP contribution in [-0.4, -0.2) is 42.5 Å². The Kier molecular flexibility index (Phi) is 5.07. The van der Waals surface area contributed by atoms with Crippen LogP contribution in [0.15, 0.2) is 52.9 Å². The molecule has 1 saturated heterocycles. The molecule has 1 amide bonds. The summed E-state index contributed by atoms with van der Waals surface area (Å²) in [5.41, 5.74) is 2.62. The van der Waals surface area contributed by atoms with E-state index in [1.54, 1.807) is 7.11 Å². The Morgan fingerprint density at radius 3 is 2.93 bits per heavy atom. The summed E-state index contributed by atoms with van der Waals surface area (Å²) in [7, 11) is 1.66. The normalized spacial score (nSPS) is 17.2. The van der Waals surface area contributed by atoms with E-state index in [1.165, 1.54) is 0 Å². The molecule has 1 aliphatic rings. The van der Waals surface area contributed by atoms with E-state index in [9.17, 15) is 4.79 Å². The number of amides is 1. The molecule has 2 heterocycles. The first-order valence-corrected chi connectivity index (χ1v) is 9.24. The summed E-state index contributed by atoms with van der Waals surface area (Å²) in [6, 6.07) is 15.5. The topological polar surface area (TPSA) is 67.6 Å². The van der Waals surface area contributed by atoms with Crippen molar-refractivity contribution in [1.29, 1.82) is 0 Å². The maximum atomic E-state index is 13.0. The van der Waals surface area contributed by atoms with Crippen molar-refractivity contribution >= 4 is 17.0 Å². The van der Waals surface area contributed by atoms with E-state index in [2.05, 4.69) is 10.3 Å². The summed E-state index contributed by atoms with van der Waals surface area (Å²) in [6.07, 6.45) is 0.870. The van der Waals surface area contributed by atoms with Gasteiger partial charge in [-0.3, -0.25) is 4.79 Å². The van der Waals surface area contributed by atoms with Crippen molar-refractivity contribution in [3.05, 3.63) is 60.0 Å². The van der Waals surface area contributed by atoms with Crippen molar-refractivity contribution in [3.63, 3.8) is 0 Å². The second-order valence-electron chi connectivity index (χ2n) is 6.62. The largest absolute Gasteiger partial charge is 0.496 e. The molecule has 1 unspecified atom stereocenters. The monoisotopic (exact) mass is 365 g/mol. The number of fused-ring (bicyclic) bond motifs is 1. The fraction of sp³-hybridized carbons (Fsp3) is 0.333. The minimum atomic E-state index is -0.0361. The van der Waals surface area contributed by atoms with Crippen LogP contribution in [0.2, 0.25) is 0 Å². The number of rotatable bonds is 5. The number of carbonyl (C=O) groups excluding carboxylic acids is 1. The molecule has 27 heavy (non-hydrogen) atoms. The Hall–Kier alpha value is -2.86. The first kappa shape index (κ1) is 17.5. The number of hydrogen-bond acceptors (Lipinski definition) is 5. The molecule has 0 spiro atoms. The smallest absolute Gasteiger partial charge is 0.223 e. The predicted molar refractivity (Wildman–Crippen MR) is 103 cm³/mol. The number of piperazine rings is 1. The maximum absolute atomic E-state index is 13.0. The molecule has 6 heteroatoms. The van der Waals surface area contributed by atoms with Gasteiger partial charge in [0.05, 0.1) is 13.2 Å². The summed E-state index contributed by atoms with van der Waals surface area (Å²) in [6.45, 7) is 2.18. The van der Waals surface area contributed by atoms with Crippen molar-refractivity contribution in [2.24, 2.45) is 0 Å². The van der Waals surface area contributed by atoms with Crippen LogP contribution in [0.3, 0.4) is 0 Å². The number of methoxy groups -OCH3 is 1. The number of nitrogens with one attached hydrogen (secondary N) is 1. The number of aromatic nitrogens is 1. The van der Waals surface area contributed by atoms with Gasteiger partial charge in [0, 0.05) is 38.0 Å². The molecular formula is C21H23N3O3. The highest BCUT2D eigenvalue weighted by molar-refractivity contribution is 5.77. The number of nitrogens with zero attached hydrogens (tertiary/aromatic N) is 2. The SMILES string of the molecule is COc1ccccc1C1CNCCN1C(=O)CCc1nc2ccccc2o1. The van der Waals surface area contributed by atoms with Crippen LogP contribution in [0, 0.1) is 0 Å². The summed E-state index contributed by atoms with van der Waals surface area (Å²) >= 11 is 0. The van der Waals surface area contributed by atoms with Gasteiger partial charge in [0.25, 0.3) is 0 Å². The molecule has 1 aromatic heterocycles. The molecule has 0 aliphatic carbocycles. The highest BCUT2D eigenvalue weighted by Gasteiger charge is 2.29. The van der Waals surface area contributed by atoms with Crippen molar-refractivity contribution in [2.45, 2.75) is 18.9 Å². The zero-order chi connectivity index (χ0) is 18.6. The molecule has 2 aromatic carbocycles. The second-order valence-corrected chi connectivity index (χ2v) is 6.62. The van der Waals surface area contributed by atoms with Gasteiger partial charge >= 0.3 is 0 Å². The van der Waals surface area contributed by atoms with Crippen LogP contribution in [0.25, 0.3) is 11.1 Å². The minimum absolute atomic E-state index is 0.0361. The van der Waals surface area contributed by atoms with Gasteiger partial charge < -0.3 is 19.4 Å². The molecule has 1 atom stereocenters. The fourth-order valence-electron chi connectivity index (χ4n) is 3.61. The van der Waals surface area contributed by atoms with Gasteiger partial charge in [-0.1, -0.05) is 30.3 Å². The summed E-state index contributed by atoms with van der Waals surface area (Å²) in [5.74, 6) is 1.52. The Morgan fingerprint density at radius 1 is 1.26 bits per heavy atom. The Labute approximate surface area is 158 Å². The molecule has 140 valence electrons. The number of benzene rings is 2. The molecule has 1 fully saturated rings. The molecule has 0 saturated carbocycles. The van der Waals surface area contributed by atoms with Gasteiger partial charge in [-0.25, -0.2) is 4.98 Å². The van der Waals surface area contributed by atoms with Gasteiger partial charge in [-0.05, 0) is 18.2 Å². The molecule has 0 radical (unpaired) electrons. The molecular weight excluding hydrogens is 342 g/mol. The van der Waals surface area contributed by atoms with Gasteiger partial charge in [0.15, 0.2) is 11.5 Å². The number of ether oxygens (including phenoxy) is 1. The van der Waals surface area contributed by atoms with E-state index in [-0.39, 0.29) is 11.9 Å². The lowest BCUT2D eigenvalue weighted by Gasteiger charge is -2.37. The third-order valence-corrected chi connectivity index (χ3v) is 4.95. The average Bonchev–Trinajstić information content (AvgIpc) is 3.15. The Bertz CT molecular complexity index is 904. The van der Waals surface area contributed by atoms with Crippen molar-refractivity contribution in [3.8, 4) is 5.75 Å². The molecule has 0 bridgehead atoms. The predicted octanol–water partition coefficient (Wildman–Crippen LogP) is 2.94. The quantitative estimate of drug-likeness (QED) is 0.753. The Balaban J connectivity index is 1.48. The molecule has 3 aromatic rings. The molecule has 6 nitrogen and oxygen atoms in total.